The molecule has 1 saturated heterocycles. The maximum Gasteiger partial charge on any atom is 0.252 e. The topological polar surface area (TPSA) is 63.2 Å². The third-order valence-corrected chi connectivity index (χ3v) is 6.37. The zero-order valence-electron chi connectivity index (χ0n) is 16.8. The highest BCUT2D eigenvalue weighted by atomic mass is 35.5. The highest BCUT2D eigenvalue weighted by Crippen LogP contribution is 2.30. The molecule has 162 valence electrons. The monoisotopic (exact) mass is 467 g/mol. The van der Waals surface area contributed by atoms with Gasteiger partial charge in [-0.2, -0.15) is 0 Å². The van der Waals surface area contributed by atoms with Gasteiger partial charge in [-0.25, -0.2) is 4.98 Å². The summed E-state index contributed by atoms with van der Waals surface area (Å²) in [6.07, 6.45) is 2.00. The molecule has 1 amide bonds. The van der Waals surface area contributed by atoms with Crippen LogP contribution in [0.3, 0.4) is 0 Å². The predicted molar refractivity (Wildman–Crippen MR) is 128 cm³/mol. The van der Waals surface area contributed by atoms with E-state index in [1.807, 2.05) is 47.8 Å². The van der Waals surface area contributed by atoms with Crippen molar-refractivity contribution in [1.29, 1.82) is 0 Å². The third-order valence-electron chi connectivity index (χ3n) is 5.47. The minimum atomic E-state index is -0.0505. The minimum Gasteiger partial charge on any atom is -0.384 e. The Balaban J connectivity index is 0.00000160. The second-order valence-electron chi connectivity index (χ2n) is 7.42. The van der Waals surface area contributed by atoms with E-state index in [-0.39, 0.29) is 36.1 Å². The quantitative estimate of drug-likeness (QED) is 0.557. The number of carbonyl (C=O) groups excluding carboxylic acids is 1. The van der Waals surface area contributed by atoms with Crippen molar-refractivity contribution in [1.82, 2.24) is 15.6 Å². The molecule has 2 aromatic heterocycles. The van der Waals surface area contributed by atoms with Crippen molar-refractivity contribution in [3.8, 4) is 10.6 Å². The molecule has 2 N–H and O–H groups in total. The molecule has 1 aliphatic rings. The average molecular weight is 468 g/mol. The van der Waals surface area contributed by atoms with Crippen LogP contribution >= 0.6 is 36.2 Å². The molecule has 8 heteroatoms. The number of hydrogen-bond acceptors (Lipinski definition) is 5. The van der Waals surface area contributed by atoms with E-state index in [1.54, 1.807) is 18.4 Å². The first-order valence-electron chi connectivity index (χ1n) is 9.62. The van der Waals surface area contributed by atoms with Crippen molar-refractivity contribution in [2.75, 3.05) is 33.4 Å². The van der Waals surface area contributed by atoms with Crippen molar-refractivity contribution >= 4 is 53.0 Å². The van der Waals surface area contributed by atoms with Gasteiger partial charge < -0.3 is 15.4 Å². The number of amides is 1. The molecule has 1 aliphatic heterocycles. The van der Waals surface area contributed by atoms with Gasteiger partial charge in [0.05, 0.1) is 28.3 Å². The Morgan fingerprint density at radius 2 is 1.97 bits per heavy atom. The molecule has 3 heterocycles. The lowest BCUT2D eigenvalue weighted by molar-refractivity contribution is 0.0512. The molecule has 1 fully saturated rings. The molecule has 0 spiro atoms. The number of piperidine rings is 1. The zero-order chi connectivity index (χ0) is 19.4. The molecule has 0 radical (unpaired) electrons. The van der Waals surface area contributed by atoms with E-state index in [0.717, 1.165) is 47.4 Å². The van der Waals surface area contributed by atoms with Crippen molar-refractivity contribution < 1.29 is 9.53 Å². The lowest BCUT2D eigenvalue weighted by Gasteiger charge is -2.37. The van der Waals surface area contributed by atoms with Crippen LogP contribution in [0.4, 0.5) is 0 Å². The molecule has 5 nitrogen and oxygen atoms in total. The highest BCUT2D eigenvalue weighted by Gasteiger charge is 2.32. The van der Waals surface area contributed by atoms with Gasteiger partial charge >= 0.3 is 0 Å². The number of carbonyl (C=O) groups is 1. The van der Waals surface area contributed by atoms with Gasteiger partial charge in [0.15, 0.2) is 0 Å². The number of pyridine rings is 1. The van der Waals surface area contributed by atoms with Crippen LogP contribution in [0.5, 0.6) is 0 Å². The summed E-state index contributed by atoms with van der Waals surface area (Å²) in [5.41, 5.74) is 2.35. The maximum atomic E-state index is 13.2. The second kappa shape index (κ2) is 11.1. The Morgan fingerprint density at radius 3 is 2.67 bits per heavy atom. The van der Waals surface area contributed by atoms with Crippen LogP contribution in [0.15, 0.2) is 47.8 Å². The SMILES string of the molecule is COCC1(CNC(=O)c2cc(-c3cccs3)nc3ccccc23)CCNCC1.Cl.Cl. The number of halogens is 2. The van der Waals surface area contributed by atoms with Gasteiger partial charge in [0.2, 0.25) is 0 Å². The first kappa shape index (κ1) is 24.6. The maximum absolute atomic E-state index is 13.2. The Hall–Kier alpha value is -1.70. The van der Waals surface area contributed by atoms with E-state index in [2.05, 4.69) is 10.6 Å². The Morgan fingerprint density at radius 1 is 1.20 bits per heavy atom. The van der Waals surface area contributed by atoms with Crippen LogP contribution in [0.2, 0.25) is 0 Å². The number of ether oxygens (including phenoxy) is 1. The Bertz CT molecular complexity index is 955. The molecule has 0 aliphatic carbocycles. The summed E-state index contributed by atoms with van der Waals surface area (Å²) in [5, 5.41) is 9.48. The second-order valence-corrected chi connectivity index (χ2v) is 8.36. The van der Waals surface area contributed by atoms with E-state index < -0.39 is 0 Å². The highest BCUT2D eigenvalue weighted by molar-refractivity contribution is 7.13. The molecule has 30 heavy (non-hydrogen) atoms. The Labute approximate surface area is 193 Å². The summed E-state index contributed by atoms with van der Waals surface area (Å²) in [6, 6.07) is 13.8. The summed E-state index contributed by atoms with van der Waals surface area (Å²) in [7, 11) is 1.73. The van der Waals surface area contributed by atoms with E-state index in [1.165, 1.54) is 0 Å². The number of hydrogen-bond donors (Lipinski definition) is 2. The molecule has 1 aromatic carbocycles. The number of nitrogens with zero attached hydrogens (tertiary/aromatic N) is 1. The summed E-state index contributed by atoms with van der Waals surface area (Å²) >= 11 is 1.63. The van der Waals surface area contributed by atoms with Gasteiger partial charge in [0.1, 0.15) is 0 Å². The lowest BCUT2D eigenvalue weighted by atomic mass is 9.79. The third kappa shape index (κ3) is 5.31. The summed E-state index contributed by atoms with van der Waals surface area (Å²) in [5.74, 6) is -0.0505. The van der Waals surface area contributed by atoms with Crippen LogP contribution in [0.25, 0.3) is 21.5 Å². The smallest absolute Gasteiger partial charge is 0.252 e. The van der Waals surface area contributed by atoms with E-state index in [9.17, 15) is 4.79 Å². The number of methoxy groups -OCH3 is 1. The van der Waals surface area contributed by atoms with Gasteiger partial charge in [-0.3, -0.25) is 4.79 Å². The van der Waals surface area contributed by atoms with E-state index in [0.29, 0.717) is 18.7 Å². The van der Waals surface area contributed by atoms with E-state index in [4.69, 9.17) is 9.72 Å². The summed E-state index contributed by atoms with van der Waals surface area (Å²) in [4.78, 5) is 19.0. The normalized spacial score (nSPS) is 15.1. The predicted octanol–water partition coefficient (Wildman–Crippen LogP) is 4.55. The molecular formula is C22H27Cl2N3O2S. The Kier molecular flexibility index (Phi) is 9.07. The fraction of sp³-hybridized carbons (Fsp3) is 0.364. The molecule has 0 bridgehead atoms. The fourth-order valence-corrected chi connectivity index (χ4v) is 4.60. The molecule has 0 atom stereocenters. The van der Waals surface area contributed by atoms with Crippen LogP contribution in [0.1, 0.15) is 23.2 Å². The van der Waals surface area contributed by atoms with Crippen LogP contribution in [-0.2, 0) is 4.74 Å². The molecule has 3 aromatic rings. The fourth-order valence-electron chi connectivity index (χ4n) is 3.91. The zero-order valence-corrected chi connectivity index (χ0v) is 19.3. The lowest BCUT2D eigenvalue weighted by Crippen LogP contribution is -2.47. The number of benzene rings is 1. The number of rotatable bonds is 6. The van der Waals surface area contributed by atoms with Crippen LogP contribution in [-0.4, -0.2) is 44.2 Å². The van der Waals surface area contributed by atoms with Crippen molar-refractivity contribution in [3.63, 3.8) is 0 Å². The van der Waals surface area contributed by atoms with Gasteiger partial charge in [-0.05, 0) is 49.5 Å². The van der Waals surface area contributed by atoms with E-state index >= 15 is 0 Å². The number of nitrogens with one attached hydrogen (secondary N) is 2. The van der Waals surface area contributed by atoms with Gasteiger partial charge in [0, 0.05) is 24.5 Å². The first-order valence-corrected chi connectivity index (χ1v) is 10.5. The molecule has 0 unspecified atom stereocenters. The molecule has 0 saturated carbocycles. The molecule has 4 rings (SSSR count). The molecular weight excluding hydrogens is 441 g/mol. The van der Waals surface area contributed by atoms with Crippen LogP contribution in [0, 0.1) is 5.41 Å². The summed E-state index contributed by atoms with van der Waals surface area (Å²) < 4.78 is 5.47. The standard InChI is InChI=1S/C22H25N3O2S.2ClH/c1-27-15-22(8-10-23-11-9-22)14-24-21(26)17-13-19(20-7-4-12-28-20)25-18-6-3-2-5-16(17)18;;/h2-7,12-13,23H,8-11,14-15H2,1H3,(H,24,26);2*1H. The van der Waals surface area contributed by atoms with Gasteiger partial charge in [-0.15, -0.1) is 36.2 Å². The van der Waals surface area contributed by atoms with Crippen molar-refractivity contribution in [2.45, 2.75) is 12.8 Å². The van der Waals surface area contributed by atoms with Gasteiger partial charge in [-0.1, -0.05) is 24.3 Å². The van der Waals surface area contributed by atoms with Crippen molar-refractivity contribution in [2.24, 2.45) is 5.41 Å². The largest absolute Gasteiger partial charge is 0.384 e. The van der Waals surface area contributed by atoms with Gasteiger partial charge in [0.25, 0.3) is 5.91 Å². The first-order chi connectivity index (χ1) is 13.7. The van der Waals surface area contributed by atoms with Crippen molar-refractivity contribution in [3.05, 3.63) is 53.4 Å². The summed E-state index contributed by atoms with van der Waals surface area (Å²) in [6.45, 7) is 3.19. The number of para-hydroxylation sites is 1. The number of fused-ring (bicyclic) bond motifs is 1. The van der Waals surface area contributed by atoms with Crippen LogP contribution < -0.4 is 10.6 Å². The number of aromatic nitrogens is 1. The average Bonchev–Trinajstić information content (AvgIpc) is 3.27. The number of thiophene rings is 1. The minimum absolute atomic E-state index is 0.